The minimum absolute atomic E-state index is 0.0126. The van der Waals surface area contributed by atoms with Crippen LogP contribution in [0.3, 0.4) is 0 Å². The first-order valence-electron chi connectivity index (χ1n) is 13.7. The summed E-state index contributed by atoms with van der Waals surface area (Å²) < 4.78 is 0. The van der Waals surface area contributed by atoms with E-state index in [4.69, 9.17) is 0 Å². The third-order valence-electron chi connectivity index (χ3n) is 9.77. The quantitative estimate of drug-likeness (QED) is 0.207. The van der Waals surface area contributed by atoms with Crippen LogP contribution in [0.5, 0.6) is 0 Å². The van der Waals surface area contributed by atoms with Gasteiger partial charge in [0.25, 0.3) is 0 Å². The summed E-state index contributed by atoms with van der Waals surface area (Å²) in [4.78, 5) is 0. The second kappa shape index (κ2) is 6.62. The molecule has 0 aliphatic heterocycles. The molecule has 0 saturated carbocycles. The summed E-state index contributed by atoms with van der Waals surface area (Å²) in [7, 11) is 0. The maximum Gasteiger partial charge on any atom is 0.0159 e. The molecule has 0 spiro atoms. The van der Waals surface area contributed by atoms with Crippen molar-refractivity contribution in [3.8, 4) is 22.3 Å². The van der Waals surface area contributed by atoms with Crippen molar-refractivity contribution in [1.82, 2.24) is 0 Å². The summed E-state index contributed by atoms with van der Waals surface area (Å²) >= 11 is 0. The van der Waals surface area contributed by atoms with Gasteiger partial charge < -0.3 is 0 Å². The van der Waals surface area contributed by atoms with Crippen LogP contribution in [0.4, 0.5) is 0 Å². The third-order valence-corrected chi connectivity index (χ3v) is 9.77. The zero-order valence-electron chi connectivity index (χ0n) is 22.6. The Labute approximate surface area is 219 Å². The summed E-state index contributed by atoms with van der Waals surface area (Å²) in [6.45, 7) is 14.3. The van der Waals surface area contributed by atoms with E-state index in [1.807, 2.05) is 0 Å². The van der Waals surface area contributed by atoms with Crippen LogP contribution >= 0.6 is 0 Å². The molecule has 0 fully saturated rings. The molecule has 2 aliphatic rings. The van der Waals surface area contributed by atoms with Crippen LogP contribution in [0.2, 0.25) is 0 Å². The molecular formula is C37H32. The maximum absolute atomic E-state index is 2.56. The average Bonchev–Trinajstić information content (AvgIpc) is 3.25. The Morgan fingerprint density at radius 3 is 1.89 bits per heavy atom. The van der Waals surface area contributed by atoms with Gasteiger partial charge in [0.05, 0.1) is 0 Å². The van der Waals surface area contributed by atoms with Gasteiger partial charge in [-0.25, -0.2) is 0 Å². The maximum atomic E-state index is 2.56. The Morgan fingerprint density at radius 2 is 1.14 bits per heavy atom. The highest BCUT2D eigenvalue weighted by Gasteiger charge is 2.42. The van der Waals surface area contributed by atoms with Crippen LogP contribution in [-0.4, -0.2) is 0 Å². The predicted octanol–water partition coefficient (Wildman–Crippen LogP) is 10.3. The fourth-order valence-electron chi connectivity index (χ4n) is 7.62. The Balaban J connectivity index is 1.47. The van der Waals surface area contributed by atoms with Crippen molar-refractivity contribution >= 4 is 32.3 Å². The second-order valence-electron chi connectivity index (χ2n) is 12.8. The molecule has 0 atom stereocenters. The molecule has 37 heavy (non-hydrogen) atoms. The number of rotatable bonds is 1. The van der Waals surface area contributed by atoms with Crippen LogP contribution in [0, 0.1) is 0 Å². The smallest absolute Gasteiger partial charge is 0.0159 e. The molecule has 0 amide bonds. The Morgan fingerprint density at radius 1 is 0.514 bits per heavy atom. The van der Waals surface area contributed by atoms with E-state index in [-0.39, 0.29) is 10.8 Å². The number of hydrogen-bond donors (Lipinski definition) is 0. The molecule has 6 aromatic rings. The van der Waals surface area contributed by atoms with Crippen LogP contribution < -0.4 is 0 Å². The number of fused-ring (bicyclic) bond motifs is 7. The first-order chi connectivity index (χ1) is 17.7. The van der Waals surface area contributed by atoms with Gasteiger partial charge >= 0.3 is 0 Å². The molecule has 180 valence electrons. The monoisotopic (exact) mass is 476 g/mol. The van der Waals surface area contributed by atoms with E-state index in [1.165, 1.54) is 82.4 Å². The largest absolute Gasteiger partial charge is 0.0610 e. The fraction of sp³-hybridized carbons (Fsp3) is 0.243. The van der Waals surface area contributed by atoms with Gasteiger partial charge in [0.1, 0.15) is 0 Å². The minimum atomic E-state index is -0.0467. The summed E-state index contributed by atoms with van der Waals surface area (Å²) in [6, 6.07) is 30.8. The van der Waals surface area contributed by atoms with Crippen LogP contribution in [0.25, 0.3) is 54.6 Å². The lowest BCUT2D eigenvalue weighted by Crippen LogP contribution is -2.17. The summed E-state index contributed by atoms with van der Waals surface area (Å²) in [5.74, 6) is 0.536. The van der Waals surface area contributed by atoms with E-state index < -0.39 is 0 Å². The predicted molar refractivity (Wildman–Crippen MR) is 159 cm³/mol. The fourth-order valence-corrected chi connectivity index (χ4v) is 7.62. The van der Waals surface area contributed by atoms with Crippen molar-refractivity contribution in [3.05, 3.63) is 107 Å². The molecule has 0 N–H and O–H groups in total. The lowest BCUT2D eigenvalue weighted by atomic mass is 9.79. The van der Waals surface area contributed by atoms with Crippen LogP contribution in [-0.2, 0) is 10.8 Å². The Bertz CT molecular complexity index is 1930. The highest BCUT2D eigenvalue weighted by Crippen LogP contribution is 2.58. The molecule has 0 nitrogen and oxygen atoms in total. The molecule has 0 heterocycles. The van der Waals surface area contributed by atoms with Gasteiger partial charge in [0, 0.05) is 10.8 Å². The van der Waals surface area contributed by atoms with E-state index in [0.717, 1.165) is 0 Å². The first kappa shape index (κ1) is 21.4. The van der Waals surface area contributed by atoms with E-state index in [1.54, 1.807) is 0 Å². The van der Waals surface area contributed by atoms with Crippen molar-refractivity contribution < 1.29 is 0 Å². The molecule has 6 aromatic carbocycles. The van der Waals surface area contributed by atoms with E-state index >= 15 is 0 Å². The zero-order valence-corrected chi connectivity index (χ0v) is 22.6. The molecule has 0 radical (unpaired) electrons. The third kappa shape index (κ3) is 2.49. The molecule has 0 heteroatoms. The Hall–Kier alpha value is -3.64. The standard InChI is InChI=1S/C37H32/c1-20(2)23-13-14-25-27-18-31-28(19-30(27)36(3,4)29(25)16-23)35-26-15-12-22-9-7-8-21-10-11-24(34(26)33(21)22)17-32(35)37(31,5)6/h7-20H,1-6H3. The number of hydrogen-bond acceptors (Lipinski definition) is 0. The SMILES string of the molecule is CC(C)c1ccc2c(c1)C(C)(C)c1cc3c(cc1-2)C(C)(C)c1cc2ccc4cccc5ccc(c1-3)c2c45. The highest BCUT2D eigenvalue weighted by atomic mass is 14.5. The number of benzene rings is 6. The van der Waals surface area contributed by atoms with Crippen molar-refractivity contribution in [3.63, 3.8) is 0 Å². The summed E-state index contributed by atoms with van der Waals surface area (Å²) in [6.07, 6.45) is 0. The summed E-state index contributed by atoms with van der Waals surface area (Å²) in [5, 5.41) is 8.25. The summed E-state index contributed by atoms with van der Waals surface area (Å²) in [5.41, 5.74) is 13.0. The molecule has 2 aliphatic carbocycles. The Kier molecular flexibility index (Phi) is 3.83. The van der Waals surface area contributed by atoms with Crippen LogP contribution in [0.15, 0.2) is 78.9 Å². The van der Waals surface area contributed by atoms with Gasteiger partial charge in [0.15, 0.2) is 0 Å². The van der Waals surface area contributed by atoms with E-state index in [9.17, 15) is 0 Å². The molecule has 0 saturated heterocycles. The lowest BCUT2D eigenvalue weighted by molar-refractivity contribution is 0.651. The molecule has 8 rings (SSSR count). The second-order valence-corrected chi connectivity index (χ2v) is 12.8. The van der Waals surface area contributed by atoms with Gasteiger partial charge in [-0.2, -0.15) is 0 Å². The molecule has 0 aromatic heterocycles. The van der Waals surface area contributed by atoms with Gasteiger partial charge in [0.2, 0.25) is 0 Å². The minimum Gasteiger partial charge on any atom is -0.0610 e. The van der Waals surface area contributed by atoms with Crippen molar-refractivity contribution in [2.45, 2.75) is 58.3 Å². The van der Waals surface area contributed by atoms with Crippen LogP contribution in [0.1, 0.15) is 75.3 Å². The van der Waals surface area contributed by atoms with E-state index in [0.29, 0.717) is 5.92 Å². The van der Waals surface area contributed by atoms with Gasteiger partial charge in [-0.15, -0.1) is 0 Å². The van der Waals surface area contributed by atoms with Gasteiger partial charge in [-0.05, 0) is 107 Å². The first-order valence-corrected chi connectivity index (χ1v) is 13.7. The lowest BCUT2D eigenvalue weighted by Gasteiger charge is -2.24. The molecular weight excluding hydrogens is 444 g/mol. The van der Waals surface area contributed by atoms with Gasteiger partial charge in [-0.1, -0.05) is 102 Å². The van der Waals surface area contributed by atoms with Gasteiger partial charge in [-0.3, -0.25) is 0 Å². The topological polar surface area (TPSA) is 0 Å². The normalized spacial score (nSPS) is 16.5. The van der Waals surface area contributed by atoms with Crippen molar-refractivity contribution in [2.24, 2.45) is 0 Å². The highest BCUT2D eigenvalue weighted by molar-refractivity contribution is 6.26. The molecule has 0 unspecified atom stereocenters. The average molecular weight is 477 g/mol. The zero-order chi connectivity index (χ0) is 25.4. The van der Waals surface area contributed by atoms with Crippen molar-refractivity contribution in [1.29, 1.82) is 0 Å². The van der Waals surface area contributed by atoms with E-state index in [2.05, 4.69) is 120 Å². The van der Waals surface area contributed by atoms with Crippen molar-refractivity contribution in [2.75, 3.05) is 0 Å². The molecule has 0 bridgehead atoms.